The molecule has 0 heterocycles. The van der Waals surface area contributed by atoms with Crippen LogP contribution in [0, 0.1) is 0 Å². The summed E-state index contributed by atoms with van der Waals surface area (Å²) in [7, 11) is 0. The molecule has 7 nitrogen and oxygen atoms in total. The van der Waals surface area contributed by atoms with E-state index < -0.39 is 12.6 Å². The number of rotatable bonds is 40. The van der Waals surface area contributed by atoms with Crippen molar-refractivity contribution in [3.05, 3.63) is 23.0 Å². The Labute approximate surface area is 317 Å². The molecule has 0 bridgehead atoms. The van der Waals surface area contributed by atoms with Gasteiger partial charge in [-0.2, -0.15) is 0 Å². The molecule has 2 unspecified atom stereocenters. The Hall–Kier alpha value is -1.44. The van der Waals surface area contributed by atoms with Crippen molar-refractivity contribution in [2.24, 2.45) is 0 Å². The largest absolute Gasteiger partial charge is 0.494 e. The average Bonchev–Trinajstić information content (AvgIpc) is 3.13. The summed E-state index contributed by atoms with van der Waals surface area (Å²) in [6, 6.07) is 0. The van der Waals surface area contributed by atoms with Crippen molar-refractivity contribution in [1.82, 2.24) is 0 Å². The third kappa shape index (κ3) is 26.9. The highest BCUT2D eigenvalue weighted by Gasteiger charge is 2.32. The first-order valence-corrected chi connectivity index (χ1v) is 21.9. The molecular weight excluding hydrogens is 640 g/mol. The lowest BCUT2D eigenvalue weighted by atomic mass is 10.1. The van der Waals surface area contributed by atoms with E-state index in [2.05, 4.69) is 55.4 Å². The van der Waals surface area contributed by atoms with E-state index in [0.29, 0.717) is 51.2 Å². The maximum Gasteiger partial charge on any atom is 0.223 e. The van der Waals surface area contributed by atoms with Crippen molar-refractivity contribution >= 4 is 0 Å². The summed E-state index contributed by atoms with van der Waals surface area (Å²) in [5.74, 6) is 2.96. The fourth-order valence-corrected chi connectivity index (χ4v) is 5.49. The van der Waals surface area contributed by atoms with Crippen LogP contribution in [-0.2, 0) is 33.2 Å². The van der Waals surface area contributed by atoms with Crippen LogP contribution < -0.4 is 0 Å². The summed E-state index contributed by atoms with van der Waals surface area (Å²) in [6.45, 7) is 21.2. The summed E-state index contributed by atoms with van der Waals surface area (Å²) >= 11 is 0. The van der Waals surface area contributed by atoms with Gasteiger partial charge in [-0.3, -0.25) is 0 Å². The van der Waals surface area contributed by atoms with Crippen LogP contribution in [0.15, 0.2) is 23.0 Å². The quantitative estimate of drug-likeness (QED) is 0.0354. The van der Waals surface area contributed by atoms with Crippen molar-refractivity contribution in [2.75, 3.05) is 39.6 Å². The van der Waals surface area contributed by atoms with Crippen molar-refractivity contribution in [1.29, 1.82) is 0 Å². The zero-order valence-electron chi connectivity index (χ0n) is 35.2. The molecule has 0 fully saturated rings. The summed E-state index contributed by atoms with van der Waals surface area (Å²) < 4.78 is 46.6. The van der Waals surface area contributed by atoms with Crippen LogP contribution >= 0.6 is 0 Å². The number of ether oxygens (including phenoxy) is 7. The van der Waals surface area contributed by atoms with Gasteiger partial charge in [0.05, 0.1) is 39.6 Å². The van der Waals surface area contributed by atoms with Crippen molar-refractivity contribution < 1.29 is 33.2 Å². The number of hydrogen-bond donors (Lipinski definition) is 0. The molecule has 0 aromatic carbocycles. The lowest BCUT2D eigenvalue weighted by Crippen LogP contribution is -2.34. The van der Waals surface area contributed by atoms with E-state index in [9.17, 15) is 0 Å². The second kappa shape index (κ2) is 38.3. The Bertz CT molecular complexity index is 732. The van der Waals surface area contributed by atoms with Gasteiger partial charge in [0.2, 0.25) is 12.6 Å². The van der Waals surface area contributed by atoms with Crippen molar-refractivity contribution in [2.45, 2.75) is 222 Å². The van der Waals surface area contributed by atoms with Crippen LogP contribution in [0.3, 0.4) is 0 Å². The Morgan fingerprint density at radius 1 is 0.314 bits per heavy atom. The standard InChI is InChI=1S/C44H86O7/c1-9-17-23-25-27-29-37-49-43(41(47-35-21-13-5)39(31-15-7)45-33-19-11-3)51-44(50-38-30-28-26-24-18-10-2)42(48-36-22-14-6)40(32-16-8)46-34-20-12-4/h43-44H,9-38H2,1-8H3. The average molecular weight is 727 g/mol. The van der Waals surface area contributed by atoms with E-state index in [1.807, 2.05) is 0 Å². The van der Waals surface area contributed by atoms with E-state index in [0.717, 1.165) is 114 Å². The van der Waals surface area contributed by atoms with Crippen molar-refractivity contribution in [3.63, 3.8) is 0 Å². The SMILES string of the molecule is CCCCCCCCOC(OC(OCCCCCCCC)C(OCCCC)=C(CCC)OCCCC)C(OCCCC)=C(CCC)OCCCC. The molecule has 0 rings (SSSR count). The van der Waals surface area contributed by atoms with E-state index in [1.54, 1.807) is 0 Å². The number of allylic oxidation sites excluding steroid dienone is 2. The van der Waals surface area contributed by atoms with Gasteiger partial charge in [-0.1, -0.05) is 145 Å². The summed E-state index contributed by atoms with van der Waals surface area (Å²) in [4.78, 5) is 0. The first-order valence-electron chi connectivity index (χ1n) is 21.9. The molecule has 0 N–H and O–H groups in total. The second-order valence-electron chi connectivity index (χ2n) is 14.0. The minimum absolute atomic E-state index is 0.570. The van der Waals surface area contributed by atoms with Crippen LogP contribution in [0.5, 0.6) is 0 Å². The molecule has 304 valence electrons. The maximum atomic E-state index is 7.02. The van der Waals surface area contributed by atoms with E-state index in [4.69, 9.17) is 33.2 Å². The minimum Gasteiger partial charge on any atom is -0.494 e. The molecule has 0 amide bonds. The molecule has 0 aliphatic heterocycles. The third-order valence-corrected chi connectivity index (χ3v) is 8.77. The fraction of sp³-hybridized carbons (Fsp3) is 0.909. The molecule has 0 aromatic heterocycles. The molecule has 2 atom stereocenters. The Morgan fingerprint density at radius 2 is 0.627 bits per heavy atom. The molecule has 51 heavy (non-hydrogen) atoms. The molecule has 0 radical (unpaired) electrons. The van der Waals surface area contributed by atoms with Gasteiger partial charge in [-0.15, -0.1) is 0 Å². The molecule has 0 aliphatic rings. The predicted molar refractivity (Wildman–Crippen MR) is 215 cm³/mol. The first-order chi connectivity index (χ1) is 25.1. The normalized spacial score (nSPS) is 13.8. The van der Waals surface area contributed by atoms with Gasteiger partial charge in [0, 0.05) is 12.8 Å². The summed E-state index contributed by atoms with van der Waals surface area (Å²) in [6.07, 6.45) is 24.1. The monoisotopic (exact) mass is 727 g/mol. The number of unbranched alkanes of at least 4 members (excludes halogenated alkanes) is 14. The van der Waals surface area contributed by atoms with Gasteiger partial charge < -0.3 is 33.2 Å². The summed E-state index contributed by atoms with van der Waals surface area (Å²) in [5.41, 5.74) is 0. The van der Waals surface area contributed by atoms with Gasteiger partial charge in [0.25, 0.3) is 0 Å². The molecule has 0 spiro atoms. The molecule has 0 aromatic rings. The first kappa shape index (κ1) is 49.6. The van der Waals surface area contributed by atoms with Crippen LogP contribution in [0.2, 0.25) is 0 Å². The van der Waals surface area contributed by atoms with Crippen molar-refractivity contribution in [3.8, 4) is 0 Å². The number of hydrogen-bond acceptors (Lipinski definition) is 7. The van der Waals surface area contributed by atoms with E-state index >= 15 is 0 Å². The summed E-state index contributed by atoms with van der Waals surface area (Å²) in [5, 5.41) is 0. The second-order valence-corrected chi connectivity index (χ2v) is 14.0. The van der Waals surface area contributed by atoms with Crippen LogP contribution in [0.25, 0.3) is 0 Å². The highest BCUT2D eigenvalue weighted by Crippen LogP contribution is 2.28. The zero-order chi connectivity index (χ0) is 37.6. The minimum atomic E-state index is -0.793. The van der Waals surface area contributed by atoms with Gasteiger partial charge in [-0.05, 0) is 51.4 Å². The molecule has 7 heteroatoms. The molecular formula is C44H86O7. The smallest absolute Gasteiger partial charge is 0.223 e. The zero-order valence-corrected chi connectivity index (χ0v) is 35.2. The third-order valence-electron chi connectivity index (χ3n) is 8.77. The van der Waals surface area contributed by atoms with Gasteiger partial charge in [0.1, 0.15) is 11.5 Å². The fourth-order valence-electron chi connectivity index (χ4n) is 5.49. The Morgan fingerprint density at radius 3 is 0.961 bits per heavy atom. The predicted octanol–water partition coefficient (Wildman–Crippen LogP) is 13.7. The molecule has 0 saturated heterocycles. The van der Waals surface area contributed by atoms with Crippen LogP contribution in [0.4, 0.5) is 0 Å². The molecule has 0 saturated carbocycles. The Kier molecular flexibility index (Phi) is 37.2. The maximum absolute atomic E-state index is 7.02. The van der Waals surface area contributed by atoms with Gasteiger partial charge in [-0.25, -0.2) is 0 Å². The van der Waals surface area contributed by atoms with E-state index in [-0.39, 0.29) is 0 Å². The van der Waals surface area contributed by atoms with E-state index in [1.165, 1.54) is 51.4 Å². The molecule has 0 aliphatic carbocycles. The van der Waals surface area contributed by atoms with Crippen LogP contribution in [0.1, 0.15) is 209 Å². The van der Waals surface area contributed by atoms with Gasteiger partial charge in [0.15, 0.2) is 11.5 Å². The van der Waals surface area contributed by atoms with Crippen LogP contribution in [-0.4, -0.2) is 52.2 Å². The highest BCUT2D eigenvalue weighted by atomic mass is 16.8. The Balaban J connectivity index is 6.90. The van der Waals surface area contributed by atoms with Gasteiger partial charge >= 0.3 is 0 Å². The lowest BCUT2D eigenvalue weighted by Gasteiger charge is -2.30. The highest BCUT2D eigenvalue weighted by molar-refractivity contribution is 5.09. The topological polar surface area (TPSA) is 64.6 Å². The lowest BCUT2D eigenvalue weighted by molar-refractivity contribution is -0.243.